The Morgan fingerprint density at radius 1 is 1.21 bits per heavy atom. The van der Waals surface area contributed by atoms with Gasteiger partial charge < -0.3 is 10.7 Å². The Labute approximate surface area is 138 Å². The Hall–Kier alpha value is -2.97. The molecule has 0 amide bonds. The number of benzene rings is 1. The van der Waals surface area contributed by atoms with Crippen LogP contribution >= 0.6 is 11.6 Å². The molecule has 5 nitrogen and oxygen atoms in total. The number of hydrogen-bond donors (Lipinski definition) is 2. The minimum atomic E-state index is -4.62. The Morgan fingerprint density at radius 2 is 1.79 bits per heavy atom. The van der Waals surface area contributed by atoms with Gasteiger partial charge in [-0.05, 0) is 18.6 Å². The van der Waals surface area contributed by atoms with Gasteiger partial charge in [0.25, 0.3) is 5.56 Å². The summed E-state index contributed by atoms with van der Waals surface area (Å²) in [4.78, 5) is 14.0. The molecule has 1 heterocycles. The quantitative estimate of drug-likeness (QED) is 0.820. The molecule has 0 aliphatic heterocycles. The van der Waals surface area contributed by atoms with E-state index in [2.05, 4.69) is 4.98 Å². The number of H-pyrrole nitrogens is 1. The number of aromatic amines is 1. The van der Waals surface area contributed by atoms with Crippen molar-refractivity contribution in [3.63, 3.8) is 0 Å². The molecule has 0 saturated heterocycles. The van der Waals surface area contributed by atoms with Gasteiger partial charge in [-0.25, -0.2) is 0 Å². The fourth-order valence-electron chi connectivity index (χ4n) is 2.30. The summed E-state index contributed by atoms with van der Waals surface area (Å²) in [6.07, 6.45) is -4.62. The van der Waals surface area contributed by atoms with Crippen molar-refractivity contribution < 1.29 is 13.2 Å². The fourth-order valence-corrected chi connectivity index (χ4v) is 2.56. The van der Waals surface area contributed by atoms with E-state index in [0.29, 0.717) is 0 Å². The molecule has 1 aromatic carbocycles. The monoisotopic (exact) mass is 352 g/mol. The first-order valence-corrected chi connectivity index (χ1v) is 6.73. The van der Waals surface area contributed by atoms with Crippen LogP contribution in [0.25, 0.3) is 11.1 Å². The van der Waals surface area contributed by atoms with Crippen LogP contribution in [0.15, 0.2) is 16.9 Å². The average Bonchev–Trinajstić information content (AvgIpc) is 2.48. The molecule has 9 heteroatoms. The van der Waals surface area contributed by atoms with Crippen LogP contribution in [0, 0.1) is 29.6 Å². The molecule has 0 saturated carbocycles. The van der Waals surface area contributed by atoms with Crippen molar-refractivity contribution in [1.82, 2.24) is 4.98 Å². The largest absolute Gasteiger partial charge is 0.416 e. The maximum atomic E-state index is 12.9. The molecule has 2 rings (SSSR count). The van der Waals surface area contributed by atoms with Gasteiger partial charge in [-0.2, -0.15) is 23.7 Å². The summed E-state index contributed by atoms with van der Waals surface area (Å²) >= 11 is 6.03. The third-order valence-corrected chi connectivity index (χ3v) is 3.92. The maximum absolute atomic E-state index is 12.9. The number of pyridine rings is 1. The number of anilines is 1. The Balaban J connectivity index is 2.95. The van der Waals surface area contributed by atoms with Gasteiger partial charge in [0.15, 0.2) is 0 Å². The van der Waals surface area contributed by atoms with Gasteiger partial charge in [0.05, 0.1) is 10.6 Å². The molecule has 0 fully saturated rings. The Bertz CT molecular complexity index is 981. The molecule has 2 aromatic rings. The van der Waals surface area contributed by atoms with Gasteiger partial charge in [-0.15, -0.1) is 0 Å². The zero-order valence-electron chi connectivity index (χ0n) is 12.0. The van der Waals surface area contributed by atoms with E-state index in [0.717, 1.165) is 19.1 Å². The number of alkyl halides is 3. The standard InChI is InChI=1S/C15H8ClF3N4O/c1-6-10(15(17,18)19)3-2-7(12(6)16)11-8(4-20)13(22)23-14(24)9(11)5-21/h2-3H,1H3,(H3,22,23,24). The van der Waals surface area contributed by atoms with E-state index in [-0.39, 0.29) is 33.1 Å². The lowest BCUT2D eigenvalue weighted by atomic mass is 9.93. The Kier molecular flexibility index (Phi) is 4.28. The van der Waals surface area contributed by atoms with E-state index in [1.54, 1.807) is 12.1 Å². The van der Waals surface area contributed by atoms with Crippen LogP contribution in [0.4, 0.5) is 19.0 Å². The van der Waals surface area contributed by atoms with Crippen LogP contribution in [-0.4, -0.2) is 4.98 Å². The molecule has 0 atom stereocenters. The molecule has 122 valence electrons. The summed E-state index contributed by atoms with van der Waals surface area (Å²) in [5, 5.41) is 18.1. The number of nitrogens with two attached hydrogens (primary N) is 1. The van der Waals surface area contributed by atoms with E-state index < -0.39 is 22.9 Å². The molecule has 0 bridgehead atoms. The molecule has 0 aliphatic rings. The number of halogens is 4. The predicted octanol–water partition coefficient (Wildman–Crippen LogP) is 3.35. The van der Waals surface area contributed by atoms with Gasteiger partial charge in [-0.3, -0.25) is 4.79 Å². The van der Waals surface area contributed by atoms with Crippen molar-refractivity contribution >= 4 is 17.4 Å². The summed E-state index contributed by atoms with van der Waals surface area (Å²) in [5.41, 5.74) is 2.53. The first-order chi connectivity index (χ1) is 11.1. The maximum Gasteiger partial charge on any atom is 0.416 e. The number of aromatic nitrogens is 1. The van der Waals surface area contributed by atoms with Gasteiger partial charge in [0, 0.05) is 11.1 Å². The molecular formula is C15H8ClF3N4O. The highest BCUT2D eigenvalue weighted by atomic mass is 35.5. The van der Waals surface area contributed by atoms with Crippen molar-refractivity contribution in [1.29, 1.82) is 10.5 Å². The van der Waals surface area contributed by atoms with E-state index in [1.807, 2.05) is 0 Å². The second-order valence-electron chi connectivity index (χ2n) is 4.81. The number of hydrogen-bond acceptors (Lipinski definition) is 4. The molecule has 0 aliphatic carbocycles. The van der Waals surface area contributed by atoms with Crippen molar-refractivity contribution in [2.75, 3.05) is 5.73 Å². The number of rotatable bonds is 1. The first kappa shape index (κ1) is 17.4. The van der Waals surface area contributed by atoms with Crippen LogP contribution in [-0.2, 0) is 6.18 Å². The number of nitrogens with zero attached hydrogens (tertiary/aromatic N) is 2. The third-order valence-electron chi connectivity index (χ3n) is 3.43. The van der Waals surface area contributed by atoms with E-state index in [1.165, 1.54) is 0 Å². The molecule has 1 aromatic heterocycles. The topological polar surface area (TPSA) is 106 Å². The highest BCUT2D eigenvalue weighted by molar-refractivity contribution is 6.34. The van der Waals surface area contributed by atoms with Crippen molar-refractivity contribution in [3.05, 3.63) is 49.8 Å². The fraction of sp³-hybridized carbons (Fsp3) is 0.133. The van der Waals surface area contributed by atoms with Crippen molar-refractivity contribution in [3.8, 4) is 23.3 Å². The lowest BCUT2D eigenvalue weighted by molar-refractivity contribution is -0.138. The van der Waals surface area contributed by atoms with Crippen molar-refractivity contribution in [2.24, 2.45) is 0 Å². The summed E-state index contributed by atoms with van der Waals surface area (Å²) < 4.78 is 38.8. The van der Waals surface area contributed by atoms with Gasteiger partial charge >= 0.3 is 6.18 Å². The minimum Gasteiger partial charge on any atom is -0.384 e. The van der Waals surface area contributed by atoms with Crippen LogP contribution in [0.3, 0.4) is 0 Å². The average molecular weight is 353 g/mol. The summed E-state index contributed by atoms with van der Waals surface area (Å²) in [5.74, 6) is -0.301. The normalized spacial score (nSPS) is 11.0. The zero-order valence-corrected chi connectivity index (χ0v) is 12.8. The van der Waals surface area contributed by atoms with Gasteiger partial charge in [0.2, 0.25) is 0 Å². The highest BCUT2D eigenvalue weighted by Crippen LogP contribution is 2.41. The lowest BCUT2D eigenvalue weighted by Crippen LogP contribution is -2.16. The second-order valence-corrected chi connectivity index (χ2v) is 5.19. The first-order valence-electron chi connectivity index (χ1n) is 6.36. The van der Waals surface area contributed by atoms with Crippen molar-refractivity contribution in [2.45, 2.75) is 13.1 Å². The SMILES string of the molecule is Cc1c(C(F)(F)F)ccc(-c2c(C#N)c(N)[nH]c(=O)c2C#N)c1Cl. The number of nitriles is 2. The highest BCUT2D eigenvalue weighted by Gasteiger charge is 2.34. The Morgan fingerprint density at radius 3 is 2.29 bits per heavy atom. The molecule has 3 N–H and O–H groups in total. The number of nitrogen functional groups attached to an aromatic ring is 1. The van der Waals surface area contributed by atoms with Crippen LogP contribution in [0.1, 0.15) is 22.3 Å². The number of nitrogens with one attached hydrogen (secondary N) is 1. The summed E-state index contributed by atoms with van der Waals surface area (Å²) in [6, 6.07) is 5.14. The zero-order chi connectivity index (χ0) is 18.2. The van der Waals surface area contributed by atoms with E-state index in [9.17, 15) is 28.5 Å². The van der Waals surface area contributed by atoms with Crippen LogP contribution in [0.2, 0.25) is 5.02 Å². The molecule has 24 heavy (non-hydrogen) atoms. The molecular weight excluding hydrogens is 345 g/mol. The van der Waals surface area contributed by atoms with E-state index >= 15 is 0 Å². The van der Waals surface area contributed by atoms with Crippen LogP contribution in [0.5, 0.6) is 0 Å². The molecule has 0 radical (unpaired) electrons. The van der Waals surface area contributed by atoms with Gasteiger partial charge in [-0.1, -0.05) is 17.7 Å². The summed E-state index contributed by atoms with van der Waals surface area (Å²) in [6.45, 7) is 1.16. The van der Waals surface area contributed by atoms with Gasteiger partial charge in [0.1, 0.15) is 29.1 Å². The summed E-state index contributed by atoms with van der Waals surface area (Å²) in [7, 11) is 0. The minimum absolute atomic E-state index is 0.0481. The second kappa shape index (κ2) is 5.91. The molecule has 0 unspecified atom stereocenters. The third kappa shape index (κ3) is 2.68. The molecule has 0 spiro atoms. The van der Waals surface area contributed by atoms with E-state index in [4.69, 9.17) is 17.3 Å². The smallest absolute Gasteiger partial charge is 0.384 e. The lowest BCUT2D eigenvalue weighted by Gasteiger charge is -2.16. The predicted molar refractivity (Wildman–Crippen MR) is 81.1 cm³/mol. The van der Waals surface area contributed by atoms with Crippen LogP contribution < -0.4 is 11.3 Å².